The number of carbonyl (C=O) groups excluding carboxylic acids is 1. The van der Waals surface area contributed by atoms with Crippen LogP contribution >= 0.6 is 11.3 Å². The molecule has 0 N–H and O–H groups in total. The van der Waals surface area contributed by atoms with Crippen LogP contribution in [0.4, 0.5) is 0 Å². The maximum atomic E-state index is 11.1. The molecule has 0 fully saturated rings. The summed E-state index contributed by atoms with van der Waals surface area (Å²) in [5.74, 6) is 0.0442. The molecule has 1 aromatic rings. The SMILES string of the molecule is CC(=O)c1c(C)sc(C#N)c1C. The first-order valence-corrected chi connectivity index (χ1v) is 4.40. The monoisotopic (exact) mass is 179 g/mol. The molecule has 62 valence electrons. The second kappa shape index (κ2) is 3.08. The van der Waals surface area contributed by atoms with Crippen molar-refractivity contribution in [2.75, 3.05) is 0 Å². The number of rotatable bonds is 1. The summed E-state index contributed by atoms with van der Waals surface area (Å²) in [5.41, 5.74) is 1.55. The number of nitrogens with zero attached hydrogens (tertiary/aromatic N) is 1. The van der Waals surface area contributed by atoms with E-state index in [9.17, 15) is 4.79 Å². The second-order valence-electron chi connectivity index (χ2n) is 2.66. The van der Waals surface area contributed by atoms with Gasteiger partial charge in [0.15, 0.2) is 5.78 Å². The highest BCUT2D eigenvalue weighted by Gasteiger charge is 2.14. The van der Waals surface area contributed by atoms with E-state index in [2.05, 4.69) is 6.07 Å². The van der Waals surface area contributed by atoms with Crippen LogP contribution in [-0.4, -0.2) is 5.78 Å². The summed E-state index contributed by atoms with van der Waals surface area (Å²) in [7, 11) is 0. The van der Waals surface area contributed by atoms with Gasteiger partial charge < -0.3 is 0 Å². The third-order valence-electron chi connectivity index (χ3n) is 1.78. The van der Waals surface area contributed by atoms with E-state index in [1.54, 1.807) is 0 Å². The van der Waals surface area contributed by atoms with E-state index in [0.29, 0.717) is 4.88 Å². The maximum absolute atomic E-state index is 11.1. The van der Waals surface area contributed by atoms with E-state index in [1.165, 1.54) is 18.3 Å². The fraction of sp³-hybridized carbons (Fsp3) is 0.333. The van der Waals surface area contributed by atoms with Gasteiger partial charge in [0.2, 0.25) is 0 Å². The largest absolute Gasteiger partial charge is 0.294 e. The normalized spacial score (nSPS) is 9.50. The molecule has 0 radical (unpaired) electrons. The van der Waals surface area contributed by atoms with Gasteiger partial charge in [0.05, 0.1) is 0 Å². The van der Waals surface area contributed by atoms with Crippen molar-refractivity contribution in [3.8, 4) is 6.07 Å². The van der Waals surface area contributed by atoms with Gasteiger partial charge in [-0.15, -0.1) is 11.3 Å². The molecule has 0 aromatic carbocycles. The molecule has 0 atom stereocenters. The number of hydrogen-bond acceptors (Lipinski definition) is 3. The van der Waals surface area contributed by atoms with Gasteiger partial charge >= 0.3 is 0 Å². The Hall–Kier alpha value is -1.14. The standard InChI is InChI=1S/C9H9NOS/c1-5-8(4-10)12-7(3)9(5)6(2)11/h1-3H3. The Morgan fingerprint density at radius 1 is 1.50 bits per heavy atom. The van der Waals surface area contributed by atoms with Gasteiger partial charge in [-0.3, -0.25) is 4.79 Å². The predicted molar refractivity (Wildman–Crippen MR) is 48.5 cm³/mol. The van der Waals surface area contributed by atoms with Gasteiger partial charge in [-0.25, -0.2) is 0 Å². The molecule has 1 heterocycles. The average molecular weight is 179 g/mol. The molecule has 0 aliphatic heterocycles. The molecule has 0 spiro atoms. The Bertz CT molecular complexity index is 371. The first-order chi connectivity index (χ1) is 5.57. The van der Waals surface area contributed by atoms with E-state index >= 15 is 0 Å². The fourth-order valence-corrected chi connectivity index (χ4v) is 2.28. The van der Waals surface area contributed by atoms with Gasteiger partial charge in [-0.05, 0) is 26.3 Å². The van der Waals surface area contributed by atoms with E-state index < -0.39 is 0 Å². The first-order valence-electron chi connectivity index (χ1n) is 3.59. The highest BCUT2D eigenvalue weighted by atomic mass is 32.1. The fourth-order valence-electron chi connectivity index (χ4n) is 1.28. The van der Waals surface area contributed by atoms with Crippen molar-refractivity contribution in [1.82, 2.24) is 0 Å². The summed E-state index contributed by atoms with van der Waals surface area (Å²) >= 11 is 1.39. The minimum atomic E-state index is 0.0442. The first kappa shape index (κ1) is 8.95. The topological polar surface area (TPSA) is 40.9 Å². The second-order valence-corrected chi connectivity index (χ2v) is 3.88. The molecule has 12 heavy (non-hydrogen) atoms. The molecule has 0 bridgehead atoms. The van der Waals surface area contributed by atoms with E-state index in [0.717, 1.165) is 16.0 Å². The molecule has 0 saturated heterocycles. The summed E-state index contributed by atoms with van der Waals surface area (Å²) < 4.78 is 0. The molecule has 0 aliphatic carbocycles. The van der Waals surface area contributed by atoms with E-state index in [4.69, 9.17) is 5.26 Å². The highest BCUT2D eigenvalue weighted by Crippen LogP contribution is 2.26. The van der Waals surface area contributed by atoms with Crippen LogP contribution in [0.2, 0.25) is 0 Å². The van der Waals surface area contributed by atoms with Gasteiger partial charge in [0.25, 0.3) is 0 Å². The van der Waals surface area contributed by atoms with Crippen LogP contribution in [0.25, 0.3) is 0 Å². The van der Waals surface area contributed by atoms with Crippen LogP contribution in [0.5, 0.6) is 0 Å². The zero-order valence-electron chi connectivity index (χ0n) is 7.26. The third-order valence-corrected chi connectivity index (χ3v) is 2.89. The number of Topliss-reactive ketones (excluding diaryl/α,β-unsaturated/α-hetero) is 1. The van der Waals surface area contributed by atoms with Crippen LogP contribution in [0.3, 0.4) is 0 Å². The Morgan fingerprint density at radius 2 is 2.08 bits per heavy atom. The lowest BCUT2D eigenvalue weighted by atomic mass is 10.1. The summed E-state index contributed by atoms with van der Waals surface area (Å²) in [6.07, 6.45) is 0. The number of nitriles is 1. The van der Waals surface area contributed by atoms with Crippen LogP contribution < -0.4 is 0 Å². The number of carbonyl (C=O) groups is 1. The molecular weight excluding hydrogens is 170 g/mol. The predicted octanol–water partition coefficient (Wildman–Crippen LogP) is 2.44. The zero-order chi connectivity index (χ0) is 9.30. The molecule has 0 unspecified atom stereocenters. The Morgan fingerprint density at radius 3 is 2.33 bits per heavy atom. The van der Waals surface area contributed by atoms with Crippen molar-refractivity contribution in [3.63, 3.8) is 0 Å². The maximum Gasteiger partial charge on any atom is 0.161 e. The van der Waals surface area contributed by atoms with E-state index in [-0.39, 0.29) is 5.78 Å². The molecule has 0 aliphatic rings. The molecule has 3 heteroatoms. The summed E-state index contributed by atoms with van der Waals surface area (Å²) in [4.78, 5) is 12.7. The number of ketones is 1. The molecular formula is C9H9NOS. The van der Waals surface area contributed by atoms with Crippen molar-refractivity contribution in [3.05, 3.63) is 20.9 Å². The quantitative estimate of drug-likeness (QED) is 0.621. The van der Waals surface area contributed by atoms with Gasteiger partial charge in [-0.2, -0.15) is 5.26 Å². The minimum Gasteiger partial charge on any atom is -0.294 e. The third kappa shape index (κ3) is 1.26. The van der Waals surface area contributed by atoms with Crippen LogP contribution in [0.15, 0.2) is 0 Å². The van der Waals surface area contributed by atoms with Crippen LogP contribution in [0, 0.1) is 25.2 Å². The lowest BCUT2D eigenvalue weighted by Crippen LogP contribution is -1.94. The molecule has 1 rings (SSSR count). The number of aryl methyl sites for hydroxylation is 1. The summed E-state index contributed by atoms with van der Waals surface area (Å²) in [6, 6.07) is 2.08. The lowest BCUT2D eigenvalue weighted by Gasteiger charge is -1.93. The minimum absolute atomic E-state index is 0.0442. The smallest absolute Gasteiger partial charge is 0.161 e. The van der Waals surface area contributed by atoms with Gasteiger partial charge in [0, 0.05) is 10.4 Å². The number of thiophene rings is 1. The van der Waals surface area contributed by atoms with Crippen LogP contribution in [-0.2, 0) is 0 Å². The van der Waals surface area contributed by atoms with Crippen molar-refractivity contribution in [2.24, 2.45) is 0 Å². The Kier molecular flexibility index (Phi) is 2.30. The van der Waals surface area contributed by atoms with Gasteiger partial charge in [0.1, 0.15) is 10.9 Å². The molecule has 0 saturated carbocycles. The molecule has 1 aromatic heterocycles. The summed E-state index contributed by atoms with van der Waals surface area (Å²) in [6.45, 7) is 5.22. The van der Waals surface area contributed by atoms with Crippen molar-refractivity contribution >= 4 is 17.1 Å². The summed E-state index contributed by atoms with van der Waals surface area (Å²) in [5, 5.41) is 8.69. The lowest BCUT2D eigenvalue weighted by molar-refractivity contribution is 0.101. The van der Waals surface area contributed by atoms with Crippen molar-refractivity contribution < 1.29 is 4.79 Å². The molecule has 0 amide bonds. The molecule has 2 nitrogen and oxygen atoms in total. The van der Waals surface area contributed by atoms with E-state index in [1.807, 2.05) is 13.8 Å². The number of hydrogen-bond donors (Lipinski definition) is 0. The Labute approximate surface area is 75.5 Å². The van der Waals surface area contributed by atoms with Crippen molar-refractivity contribution in [1.29, 1.82) is 5.26 Å². The Balaban J connectivity index is 3.40. The highest BCUT2D eigenvalue weighted by molar-refractivity contribution is 7.13. The van der Waals surface area contributed by atoms with Crippen LogP contribution in [0.1, 0.15) is 32.6 Å². The average Bonchev–Trinajstić information content (AvgIpc) is 2.25. The van der Waals surface area contributed by atoms with Crippen molar-refractivity contribution in [2.45, 2.75) is 20.8 Å². The zero-order valence-corrected chi connectivity index (χ0v) is 8.08. The van der Waals surface area contributed by atoms with Gasteiger partial charge in [-0.1, -0.05) is 0 Å².